The number of hydrogen-bond acceptors (Lipinski definition) is 4. The van der Waals surface area contributed by atoms with Gasteiger partial charge in [0.15, 0.2) is 0 Å². The van der Waals surface area contributed by atoms with Crippen molar-refractivity contribution in [2.45, 2.75) is 0 Å². The number of ether oxygens (including phenoxy) is 1. The van der Waals surface area contributed by atoms with Gasteiger partial charge in [0.2, 0.25) is 0 Å². The first-order chi connectivity index (χ1) is 8.70. The zero-order valence-corrected chi connectivity index (χ0v) is 12.0. The van der Waals surface area contributed by atoms with Crippen molar-refractivity contribution in [2.75, 3.05) is 12.8 Å². The summed E-state index contributed by atoms with van der Waals surface area (Å²) in [5.74, 6) is 1.10. The van der Waals surface area contributed by atoms with E-state index in [4.69, 9.17) is 10.5 Å². The summed E-state index contributed by atoms with van der Waals surface area (Å²) in [5.41, 5.74) is 7.38. The molecule has 2 N–H and O–H groups in total. The van der Waals surface area contributed by atoms with Gasteiger partial charge in [0, 0.05) is 11.6 Å². The number of aromatic nitrogens is 2. The predicted octanol–water partition coefficient (Wildman–Crippen LogP) is 2.81. The fraction of sp³-hybridized carbons (Fsp3) is 0.0769. The van der Waals surface area contributed by atoms with Gasteiger partial charge in [-0.05, 0) is 22.6 Å². The van der Waals surface area contributed by atoms with Gasteiger partial charge in [0.1, 0.15) is 21.0 Å². The van der Waals surface area contributed by atoms with Gasteiger partial charge in [-0.25, -0.2) is 9.97 Å². The van der Waals surface area contributed by atoms with Crippen LogP contribution in [0.15, 0.2) is 36.5 Å². The van der Waals surface area contributed by atoms with E-state index in [2.05, 4.69) is 32.6 Å². The van der Waals surface area contributed by atoms with Crippen molar-refractivity contribution in [3.05, 3.63) is 51.5 Å². The molecule has 92 valence electrons. The zero-order chi connectivity index (χ0) is 13.0. The summed E-state index contributed by atoms with van der Waals surface area (Å²) < 4.78 is 6.16. The minimum atomic E-state index is 0.390. The summed E-state index contributed by atoms with van der Waals surface area (Å²) in [4.78, 5) is 8.40. The second kappa shape index (κ2) is 5.81. The number of anilines is 1. The molecule has 2 rings (SSSR count). The number of nitrogens with two attached hydrogens (primary N) is 1. The molecular weight excluding hydrogens is 341 g/mol. The van der Waals surface area contributed by atoms with E-state index in [0.29, 0.717) is 17.3 Å². The Morgan fingerprint density at radius 1 is 1.33 bits per heavy atom. The summed E-state index contributed by atoms with van der Waals surface area (Å²) in [6.45, 7) is 0. The van der Waals surface area contributed by atoms with Gasteiger partial charge >= 0.3 is 0 Å². The lowest BCUT2D eigenvalue weighted by molar-refractivity contribution is 0.372. The van der Waals surface area contributed by atoms with Gasteiger partial charge in [0.05, 0.1) is 13.3 Å². The molecule has 0 bridgehead atoms. The van der Waals surface area contributed by atoms with Crippen molar-refractivity contribution >= 4 is 40.2 Å². The molecule has 4 nitrogen and oxygen atoms in total. The van der Waals surface area contributed by atoms with Crippen LogP contribution in [0.5, 0.6) is 0 Å². The van der Waals surface area contributed by atoms with E-state index in [1.165, 1.54) is 0 Å². The van der Waals surface area contributed by atoms with Gasteiger partial charge < -0.3 is 10.5 Å². The van der Waals surface area contributed by atoms with Crippen molar-refractivity contribution in [1.29, 1.82) is 0 Å². The van der Waals surface area contributed by atoms with Crippen LogP contribution in [0.1, 0.15) is 11.3 Å². The maximum Gasteiger partial charge on any atom is 0.149 e. The predicted molar refractivity (Wildman–Crippen MR) is 80.5 cm³/mol. The van der Waals surface area contributed by atoms with Gasteiger partial charge in [-0.15, -0.1) is 0 Å². The van der Waals surface area contributed by atoms with Crippen molar-refractivity contribution in [1.82, 2.24) is 9.97 Å². The third-order valence-electron chi connectivity index (χ3n) is 2.35. The summed E-state index contributed by atoms with van der Waals surface area (Å²) in [6, 6.07) is 9.79. The van der Waals surface area contributed by atoms with Crippen LogP contribution in [-0.4, -0.2) is 17.1 Å². The van der Waals surface area contributed by atoms with Crippen molar-refractivity contribution < 1.29 is 4.74 Å². The van der Waals surface area contributed by atoms with Crippen LogP contribution in [0.3, 0.4) is 0 Å². The van der Waals surface area contributed by atoms with Gasteiger partial charge in [-0.3, -0.25) is 0 Å². The number of rotatable bonds is 3. The Balaban J connectivity index is 2.44. The second-order valence-corrected chi connectivity index (χ2v) is 4.65. The summed E-state index contributed by atoms with van der Waals surface area (Å²) >= 11 is 2.10. The van der Waals surface area contributed by atoms with E-state index in [-0.39, 0.29) is 0 Å². The first kappa shape index (κ1) is 12.8. The smallest absolute Gasteiger partial charge is 0.149 e. The minimum Gasteiger partial charge on any atom is -0.496 e. The van der Waals surface area contributed by atoms with Gasteiger partial charge in [0.25, 0.3) is 0 Å². The maximum atomic E-state index is 5.79. The van der Waals surface area contributed by atoms with Crippen LogP contribution in [-0.2, 0) is 4.74 Å². The standard InChI is InChI=1S/C13H12IN3O/c1-18-11(9-5-3-2-4-6-9)7-10-13(15)16-8-12(14)17-10/h2-8H,1H3,(H2,15,16). The fourth-order valence-corrected chi connectivity index (χ4v) is 1.88. The minimum absolute atomic E-state index is 0.390. The van der Waals surface area contributed by atoms with Crippen LogP contribution < -0.4 is 5.73 Å². The highest BCUT2D eigenvalue weighted by atomic mass is 127. The maximum absolute atomic E-state index is 5.79. The highest BCUT2D eigenvalue weighted by molar-refractivity contribution is 14.1. The number of nitrogens with zero attached hydrogens (tertiary/aromatic N) is 2. The Morgan fingerprint density at radius 3 is 2.72 bits per heavy atom. The molecule has 1 heterocycles. The molecule has 5 heteroatoms. The summed E-state index contributed by atoms with van der Waals surface area (Å²) in [7, 11) is 1.62. The molecule has 1 aromatic carbocycles. The molecule has 0 aliphatic rings. The van der Waals surface area contributed by atoms with E-state index in [1.807, 2.05) is 30.3 Å². The molecule has 0 unspecified atom stereocenters. The lowest BCUT2D eigenvalue weighted by atomic mass is 10.1. The molecule has 0 atom stereocenters. The van der Waals surface area contributed by atoms with Crippen molar-refractivity contribution in [3.63, 3.8) is 0 Å². The van der Waals surface area contributed by atoms with Gasteiger partial charge in [-0.1, -0.05) is 30.3 Å². The number of nitrogen functional groups attached to an aromatic ring is 1. The lowest BCUT2D eigenvalue weighted by Crippen LogP contribution is -1.99. The van der Waals surface area contributed by atoms with E-state index in [9.17, 15) is 0 Å². The molecule has 0 amide bonds. The topological polar surface area (TPSA) is 61.0 Å². The summed E-state index contributed by atoms with van der Waals surface area (Å²) in [6.07, 6.45) is 3.42. The van der Waals surface area contributed by atoms with E-state index < -0.39 is 0 Å². The van der Waals surface area contributed by atoms with Crippen LogP contribution in [0.2, 0.25) is 0 Å². The Morgan fingerprint density at radius 2 is 2.06 bits per heavy atom. The number of methoxy groups -OCH3 is 1. The molecule has 0 fully saturated rings. The van der Waals surface area contributed by atoms with Gasteiger partial charge in [-0.2, -0.15) is 0 Å². The Hall–Kier alpha value is -1.63. The Bertz CT molecular complexity index is 570. The summed E-state index contributed by atoms with van der Waals surface area (Å²) in [5, 5.41) is 0. The Kier molecular flexibility index (Phi) is 4.14. The zero-order valence-electron chi connectivity index (χ0n) is 9.80. The molecule has 0 aliphatic heterocycles. The third kappa shape index (κ3) is 2.98. The SMILES string of the molecule is COC(=Cc1nc(I)cnc1N)c1ccccc1. The average Bonchev–Trinajstić information content (AvgIpc) is 2.41. The molecule has 0 radical (unpaired) electrons. The molecule has 18 heavy (non-hydrogen) atoms. The van der Waals surface area contributed by atoms with E-state index >= 15 is 0 Å². The molecule has 0 saturated carbocycles. The lowest BCUT2D eigenvalue weighted by Gasteiger charge is -2.07. The monoisotopic (exact) mass is 353 g/mol. The van der Waals surface area contributed by atoms with E-state index in [0.717, 1.165) is 9.26 Å². The third-order valence-corrected chi connectivity index (χ3v) is 2.87. The van der Waals surface area contributed by atoms with E-state index in [1.54, 1.807) is 19.4 Å². The molecule has 0 aliphatic carbocycles. The van der Waals surface area contributed by atoms with Crippen LogP contribution >= 0.6 is 22.6 Å². The van der Waals surface area contributed by atoms with Crippen molar-refractivity contribution in [3.8, 4) is 0 Å². The molecule has 0 spiro atoms. The number of benzene rings is 1. The van der Waals surface area contributed by atoms with Crippen LogP contribution in [0.4, 0.5) is 5.82 Å². The molecule has 1 aromatic heterocycles. The normalized spacial score (nSPS) is 11.3. The average molecular weight is 353 g/mol. The van der Waals surface area contributed by atoms with Crippen LogP contribution in [0, 0.1) is 3.70 Å². The van der Waals surface area contributed by atoms with Crippen LogP contribution in [0.25, 0.3) is 11.8 Å². The first-order valence-corrected chi connectivity index (χ1v) is 6.37. The molecule has 0 saturated heterocycles. The molecular formula is C13H12IN3O. The quantitative estimate of drug-likeness (QED) is 0.681. The molecule has 2 aromatic rings. The second-order valence-electron chi connectivity index (χ2n) is 3.54. The fourth-order valence-electron chi connectivity index (χ4n) is 1.48. The van der Waals surface area contributed by atoms with Crippen molar-refractivity contribution in [2.24, 2.45) is 0 Å². The number of hydrogen-bond donors (Lipinski definition) is 1. The number of halogens is 1. The highest BCUT2D eigenvalue weighted by Gasteiger charge is 2.05. The largest absolute Gasteiger partial charge is 0.496 e. The highest BCUT2D eigenvalue weighted by Crippen LogP contribution is 2.20. The first-order valence-electron chi connectivity index (χ1n) is 5.30. The Labute approximate surface area is 119 Å².